The smallest absolute Gasteiger partial charge is 0.418 e. The number of benzene rings is 1. The van der Waals surface area contributed by atoms with Crippen LogP contribution in [0.15, 0.2) is 35.5 Å². The van der Waals surface area contributed by atoms with Gasteiger partial charge in [-0.25, -0.2) is 23.7 Å². The molecule has 2 aromatic rings. The molecule has 0 bridgehead atoms. The molecule has 0 saturated heterocycles. The predicted octanol–water partition coefficient (Wildman–Crippen LogP) is 2.00. The molecule has 0 fully saturated rings. The number of amides is 1. The Labute approximate surface area is 138 Å². The maximum Gasteiger partial charge on any atom is 0.418 e. The molecule has 10 heteroatoms. The molecule has 0 saturated carbocycles. The van der Waals surface area contributed by atoms with E-state index < -0.39 is 15.8 Å². The van der Waals surface area contributed by atoms with Gasteiger partial charge in [0.25, 0.3) is 0 Å². The van der Waals surface area contributed by atoms with Gasteiger partial charge in [-0.1, -0.05) is 6.07 Å². The molecule has 23 heavy (non-hydrogen) atoms. The number of carbonyl (C=O) groups is 1. The molecule has 1 unspecified atom stereocenters. The zero-order chi connectivity index (χ0) is 16.9. The normalized spacial score (nSPS) is 13.0. The van der Waals surface area contributed by atoms with Crippen LogP contribution in [0.5, 0.6) is 0 Å². The molecular weight excluding hydrogens is 342 g/mol. The van der Waals surface area contributed by atoms with Gasteiger partial charge in [-0.15, -0.1) is 0 Å². The number of anilines is 2. The largest absolute Gasteiger partial charge is 0.449 e. The van der Waals surface area contributed by atoms with Crippen LogP contribution in [0.1, 0.15) is 6.92 Å². The maximum absolute atomic E-state index is 12.5. The SMILES string of the molecule is C=S(=O)(NC(=O)OCC)c1cccc(Nc2ncnc(Cl)n2)c1. The number of aromatic nitrogens is 3. The Morgan fingerprint density at radius 3 is 2.91 bits per heavy atom. The molecule has 2 N–H and O–H groups in total. The van der Waals surface area contributed by atoms with Crippen molar-refractivity contribution in [1.82, 2.24) is 19.7 Å². The van der Waals surface area contributed by atoms with Gasteiger partial charge in [0.15, 0.2) is 0 Å². The van der Waals surface area contributed by atoms with E-state index in [1.807, 2.05) is 0 Å². The van der Waals surface area contributed by atoms with Gasteiger partial charge in [0.05, 0.1) is 21.2 Å². The maximum atomic E-state index is 12.5. The first-order valence-electron chi connectivity index (χ1n) is 6.44. The van der Waals surface area contributed by atoms with E-state index in [0.717, 1.165) is 0 Å². The number of hydrogen-bond acceptors (Lipinski definition) is 7. The molecule has 1 atom stereocenters. The van der Waals surface area contributed by atoms with Crippen LogP contribution >= 0.6 is 11.6 Å². The fourth-order valence-electron chi connectivity index (χ4n) is 1.60. The third kappa shape index (κ3) is 4.80. The highest BCUT2D eigenvalue weighted by molar-refractivity contribution is 7.99. The van der Waals surface area contributed by atoms with Crippen LogP contribution in [-0.4, -0.2) is 37.7 Å². The number of hydrogen-bond donors (Lipinski definition) is 2. The monoisotopic (exact) mass is 355 g/mol. The summed E-state index contributed by atoms with van der Waals surface area (Å²) >= 11 is 5.68. The standard InChI is InChI=1S/C13H14ClN5O3S/c1-3-22-13(20)19-23(2,21)10-6-4-5-9(7-10)17-12-16-8-15-11(14)18-12/h4-8H,2-3H2,1H3,(H,19,20,21)(H,15,16,17,18). The van der Waals surface area contributed by atoms with E-state index >= 15 is 0 Å². The van der Waals surface area contributed by atoms with Crippen molar-refractivity contribution in [2.24, 2.45) is 0 Å². The van der Waals surface area contributed by atoms with Crippen LogP contribution in [0.4, 0.5) is 16.4 Å². The highest BCUT2D eigenvalue weighted by Gasteiger charge is 2.13. The second kappa shape index (κ2) is 7.25. The number of ether oxygens (including phenoxy) is 1. The summed E-state index contributed by atoms with van der Waals surface area (Å²) in [5, 5.41) is 2.94. The number of carbonyl (C=O) groups excluding carboxylic acids is 1. The van der Waals surface area contributed by atoms with Crippen molar-refractivity contribution in [3.63, 3.8) is 0 Å². The van der Waals surface area contributed by atoms with E-state index in [2.05, 4.69) is 30.9 Å². The fourth-order valence-corrected chi connectivity index (χ4v) is 2.78. The lowest BCUT2D eigenvalue weighted by Gasteiger charge is -2.12. The van der Waals surface area contributed by atoms with Crippen molar-refractivity contribution >= 4 is 44.9 Å². The summed E-state index contributed by atoms with van der Waals surface area (Å²) in [7, 11) is -3.05. The van der Waals surface area contributed by atoms with Crippen LogP contribution in [0, 0.1) is 0 Å². The summed E-state index contributed by atoms with van der Waals surface area (Å²) in [5.41, 5.74) is 0.548. The van der Waals surface area contributed by atoms with E-state index in [9.17, 15) is 9.00 Å². The molecule has 0 spiro atoms. The summed E-state index contributed by atoms with van der Waals surface area (Å²) in [6, 6.07) is 6.49. The van der Waals surface area contributed by atoms with E-state index in [-0.39, 0.29) is 17.8 Å². The molecule has 0 aliphatic carbocycles. The quantitative estimate of drug-likeness (QED) is 0.790. The Morgan fingerprint density at radius 2 is 2.22 bits per heavy atom. The van der Waals surface area contributed by atoms with Gasteiger partial charge < -0.3 is 10.1 Å². The van der Waals surface area contributed by atoms with Crippen molar-refractivity contribution in [3.05, 3.63) is 35.9 Å². The minimum Gasteiger partial charge on any atom is -0.449 e. The van der Waals surface area contributed by atoms with Crippen LogP contribution < -0.4 is 10.0 Å². The summed E-state index contributed by atoms with van der Waals surface area (Å²) in [6.45, 7) is 1.82. The number of rotatable bonds is 5. The molecule has 0 radical (unpaired) electrons. The van der Waals surface area contributed by atoms with Gasteiger partial charge in [-0.2, -0.15) is 4.98 Å². The van der Waals surface area contributed by atoms with E-state index in [4.69, 9.17) is 16.3 Å². The second-order valence-corrected chi connectivity index (χ2v) is 6.59. The molecule has 1 heterocycles. The Balaban J connectivity index is 2.20. The number of nitrogens with one attached hydrogen (secondary N) is 2. The van der Waals surface area contributed by atoms with Gasteiger partial charge in [0.2, 0.25) is 11.2 Å². The van der Waals surface area contributed by atoms with E-state index in [0.29, 0.717) is 10.6 Å². The lowest BCUT2D eigenvalue weighted by atomic mass is 10.3. The molecular formula is C13H14ClN5O3S. The average Bonchev–Trinajstić information content (AvgIpc) is 2.47. The third-order valence-corrected chi connectivity index (χ3v) is 4.23. The third-order valence-electron chi connectivity index (χ3n) is 2.54. The van der Waals surface area contributed by atoms with Crippen molar-refractivity contribution in [1.29, 1.82) is 0 Å². The minimum atomic E-state index is -3.05. The Hall–Kier alpha value is -2.39. The molecule has 0 aliphatic rings. The van der Waals surface area contributed by atoms with Crippen molar-refractivity contribution in [2.45, 2.75) is 11.8 Å². The lowest BCUT2D eigenvalue weighted by Crippen LogP contribution is -2.31. The second-order valence-electron chi connectivity index (χ2n) is 4.23. The zero-order valence-corrected chi connectivity index (χ0v) is 13.7. The Kier molecular flexibility index (Phi) is 5.35. The van der Waals surface area contributed by atoms with Crippen LogP contribution in [-0.2, 0) is 14.4 Å². The molecule has 0 aliphatic heterocycles. The number of halogens is 1. The molecule has 1 aromatic carbocycles. The van der Waals surface area contributed by atoms with Crippen LogP contribution in [0.2, 0.25) is 5.28 Å². The molecule has 8 nitrogen and oxygen atoms in total. The topological polar surface area (TPSA) is 106 Å². The first kappa shape index (κ1) is 17.0. The van der Waals surface area contributed by atoms with Gasteiger partial charge in [0, 0.05) is 5.69 Å². The average molecular weight is 356 g/mol. The summed E-state index contributed by atoms with van der Waals surface area (Å²) in [5.74, 6) is 3.78. The highest BCUT2D eigenvalue weighted by Crippen LogP contribution is 2.18. The lowest BCUT2D eigenvalue weighted by molar-refractivity contribution is 0.159. The Morgan fingerprint density at radius 1 is 1.43 bits per heavy atom. The first-order chi connectivity index (χ1) is 10.9. The highest BCUT2D eigenvalue weighted by atomic mass is 35.5. The summed E-state index contributed by atoms with van der Waals surface area (Å²) < 4.78 is 19.5. The molecule has 1 aromatic heterocycles. The molecule has 122 valence electrons. The van der Waals surface area contributed by atoms with Crippen molar-refractivity contribution in [2.75, 3.05) is 11.9 Å². The van der Waals surface area contributed by atoms with Gasteiger partial charge in [0.1, 0.15) is 6.33 Å². The first-order valence-corrected chi connectivity index (χ1v) is 8.54. The molecule has 2 rings (SSSR count). The van der Waals surface area contributed by atoms with Crippen LogP contribution in [0.3, 0.4) is 0 Å². The zero-order valence-electron chi connectivity index (χ0n) is 12.2. The van der Waals surface area contributed by atoms with Crippen molar-refractivity contribution in [3.8, 4) is 0 Å². The van der Waals surface area contributed by atoms with Gasteiger partial charge in [-0.05, 0) is 42.6 Å². The van der Waals surface area contributed by atoms with E-state index in [1.165, 1.54) is 6.33 Å². The predicted molar refractivity (Wildman–Crippen MR) is 88.2 cm³/mol. The van der Waals surface area contributed by atoms with Gasteiger partial charge >= 0.3 is 6.09 Å². The number of nitrogens with zero attached hydrogens (tertiary/aromatic N) is 3. The summed E-state index contributed by atoms with van der Waals surface area (Å²) in [6.07, 6.45) is 0.462. The van der Waals surface area contributed by atoms with E-state index in [1.54, 1.807) is 31.2 Å². The Bertz CT molecular complexity index is 813. The minimum absolute atomic E-state index is 0.0450. The van der Waals surface area contributed by atoms with Crippen molar-refractivity contribution < 1.29 is 13.7 Å². The van der Waals surface area contributed by atoms with Gasteiger partial charge in [-0.3, -0.25) is 0 Å². The summed E-state index contributed by atoms with van der Waals surface area (Å²) in [4.78, 5) is 23.2. The molecule has 1 amide bonds. The fraction of sp³-hybridized carbons (Fsp3) is 0.154. The van der Waals surface area contributed by atoms with Crippen LogP contribution in [0.25, 0.3) is 0 Å².